The topological polar surface area (TPSA) is 87.3 Å². The van der Waals surface area contributed by atoms with Gasteiger partial charge in [-0.2, -0.15) is 0 Å². The summed E-state index contributed by atoms with van der Waals surface area (Å²) in [6, 6.07) is 6.14. The van der Waals surface area contributed by atoms with E-state index in [1.165, 1.54) is 12.2 Å². The van der Waals surface area contributed by atoms with Crippen molar-refractivity contribution in [3.63, 3.8) is 0 Å². The van der Waals surface area contributed by atoms with Crippen LogP contribution in [0.3, 0.4) is 0 Å². The summed E-state index contributed by atoms with van der Waals surface area (Å²) in [5.74, 6) is -5.89. The molecule has 3 atom stereocenters. The maximum atomic E-state index is 15.0. The van der Waals surface area contributed by atoms with E-state index in [4.69, 9.17) is 58.0 Å². The summed E-state index contributed by atoms with van der Waals surface area (Å²) in [5, 5.41) is 8.03. The molecule has 3 N–H and O–H groups in total. The molecule has 4 rings (SSSR count). The zero-order chi connectivity index (χ0) is 29.5. The van der Waals surface area contributed by atoms with Gasteiger partial charge in [-0.05, 0) is 42.3 Å². The van der Waals surface area contributed by atoms with Gasteiger partial charge in [-0.3, -0.25) is 14.4 Å². The minimum absolute atomic E-state index is 0.0467. The number of anilines is 2. The number of hydrogen-bond acceptors (Lipinski definition) is 3. The SMILES string of the molecule is CC(C)C(=O)Nc1c(F)ccc(NC(=O)C2=CC(NC(=O)C3[C@H](c4ccc(Cl)c(Cl)c4)C3(Cl)Cl)CC=C2Cl)c1F. The Bertz CT molecular complexity index is 1460. The fraction of sp³-hybridized carbons (Fsp3) is 0.296. The molecule has 0 bridgehead atoms. The zero-order valence-electron chi connectivity index (χ0n) is 20.9. The van der Waals surface area contributed by atoms with Crippen LogP contribution < -0.4 is 16.0 Å². The predicted molar refractivity (Wildman–Crippen MR) is 154 cm³/mol. The third-order valence-corrected chi connectivity index (χ3v) is 8.54. The molecule has 0 aliphatic heterocycles. The molecule has 0 spiro atoms. The highest BCUT2D eigenvalue weighted by Crippen LogP contribution is 2.65. The Morgan fingerprint density at radius 2 is 1.70 bits per heavy atom. The van der Waals surface area contributed by atoms with Crippen LogP contribution in [0.4, 0.5) is 20.2 Å². The maximum absolute atomic E-state index is 15.0. The van der Waals surface area contributed by atoms with Gasteiger partial charge in [0.15, 0.2) is 5.82 Å². The minimum Gasteiger partial charge on any atom is -0.349 e. The second-order valence-corrected chi connectivity index (χ2v) is 12.3. The molecule has 13 heteroatoms. The fourth-order valence-corrected chi connectivity index (χ4v) is 5.61. The van der Waals surface area contributed by atoms with E-state index in [-0.39, 0.29) is 22.7 Å². The number of carbonyl (C=O) groups is 3. The molecule has 2 aliphatic rings. The smallest absolute Gasteiger partial charge is 0.256 e. The first kappa shape index (κ1) is 30.6. The van der Waals surface area contributed by atoms with Crippen LogP contribution in [0.5, 0.6) is 0 Å². The van der Waals surface area contributed by atoms with Crippen molar-refractivity contribution in [3.8, 4) is 0 Å². The van der Waals surface area contributed by atoms with Gasteiger partial charge in [0, 0.05) is 16.9 Å². The summed E-state index contributed by atoms with van der Waals surface area (Å²) in [6.07, 6.45) is 3.20. The Kier molecular flexibility index (Phi) is 9.07. The average Bonchev–Trinajstić information content (AvgIpc) is 3.47. The molecule has 1 saturated carbocycles. The third kappa shape index (κ3) is 6.26. The molecule has 2 aromatic carbocycles. The fourth-order valence-electron chi connectivity index (χ4n) is 4.24. The molecular weight excluding hydrogens is 630 g/mol. The van der Waals surface area contributed by atoms with Crippen molar-refractivity contribution in [3.05, 3.63) is 80.3 Å². The molecular formula is C27H22Cl5F2N3O3. The van der Waals surface area contributed by atoms with E-state index in [9.17, 15) is 23.2 Å². The number of alkyl halides is 2. The van der Waals surface area contributed by atoms with Crippen LogP contribution in [0.1, 0.15) is 31.7 Å². The molecule has 3 amide bonds. The van der Waals surface area contributed by atoms with Crippen molar-refractivity contribution in [2.24, 2.45) is 11.8 Å². The van der Waals surface area contributed by atoms with Crippen LogP contribution in [0.2, 0.25) is 10.0 Å². The lowest BCUT2D eigenvalue weighted by atomic mass is 10.0. The highest BCUT2D eigenvalue weighted by atomic mass is 35.5. The van der Waals surface area contributed by atoms with Crippen molar-refractivity contribution >= 4 is 87.1 Å². The Hall–Kier alpha value is -2.36. The van der Waals surface area contributed by atoms with Gasteiger partial charge in [0.05, 0.1) is 33.3 Å². The molecule has 0 radical (unpaired) electrons. The zero-order valence-corrected chi connectivity index (χ0v) is 24.7. The molecule has 212 valence electrons. The minimum atomic E-state index is -1.38. The van der Waals surface area contributed by atoms with E-state index in [0.717, 1.165) is 12.1 Å². The van der Waals surface area contributed by atoms with Gasteiger partial charge in [0.2, 0.25) is 11.8 Å². The van der Waals surface area contributed by atoms with Crippen LogP contribution in [-0.2, 0) is 14.4 Å². The summed E-state index contributed by atoms with van der Waals surface area (Å²) in [4.78, 5) is 38.0. The van der Waals surface area contributed by atoms with Crippen molar-refractivity contribution < 1.29 is 23.2 Å². The standard InChI is InChI=1S/C27H22Cl5F2N3O3/c1-11(2)24(38)37-23-18(33)7-8-19(22(23)34)36-25(39)14-10-13(4-6-15(14)28)35-26(40)21-20(27(21,31)32)12-3-5-16(29)17(30)9-12/h3,5-11,13,20-21H,4H2,1-2H3,(H,35,40)(H,36,39)(H,37,38)/t13?,20-,21?/m0/s1. The lowest BCUT2D eigenvalue weighted by Gasteiger charge is -2.20. The number of hydrogen-bond donors (Lipinski definition) is 3. The summed E-state index contributed by atoms with van der Waals surface area (Å²) in [6.45, 7) is 3.12. The maximum Gasteiger partial charge on any atom is 0.256 e. The molecule has 0 aromatic heterocycles. The molecule has 2 aromatic rings. The Morgan fingerprint density at radius 1 is 1.00 bits per heavy atom. The first-order valence-corrected chi connectivity index (χ1v) is 13.9. The van der Waals surface area contributed by atoms with Crippen molar-refractivity contribution in [1.82, 2.24) is 5.32 Å². The molecule has 0 saturated heterocycles. The molecule has 40 heavy (non-hydrogen) atoms. The number of nitrogens with one attached hydrogen (secondary N) is 3. The lowest BCUT2D eigenvalue weighted by molar-refractivity contribution is -0.123. The first-order chi connectivity index (χ1) is 18.7. The van der Waals surface area contributed by atoms with Gasteiger partial charge >= 0.3 is 0 Å². The molecule has 2 aliphatic carbocycles. The van der Waals surface area contributed by atoms with Crippen molar-refractivity contribution in [2.75, 3.05) is 10.6 Å². The monoisotopic (exact) mass is 649 g/mol. The number of benzene rings is 2. The van der Waals surface area contributed by atoms with Crippen LogP contribution in [0.15, 0.2) is 53.1 Å². The summed E-state index contributed by atoms with van der Waals surface area (Å²) >= 11 is 31.1. The normalized spacial score (nSPS) is 21.3. The van der Waals surface area contributed by atoms with E-state index in [1.54, 1.807) is 32.0 Å². The highest BCUT2D eigenvalue weighted by Gasteiger charge is 2.67. The number of carbonyl (C=O) groups excluding carboxylic acids is 3. The van der Waals surface area contributed by atoms with Gasteiger partial charge in [-0.25, -0.2) is 8.78 Å². The van der Waals surface area contributed by atoms with Crippen molar-refractivity contribution in [1.29, 1.82) is 0 Å². The lowest BCUT2D eigenvalue weighted by Crippen LogP contribution is -2.37. The highest BCUT2D eigenvalue weighted by molar-refractivity contribution is 6.53. The second kappa shape index (κ2) is 11.9. The van der Waals surface area contributed by atoms with E-state index < -0.39 is 63.2 Å². The first-order valence-electron chi connectivity index (χ1n) is 12.0. The largest absolute Gasteiger partial charge is 0.349 e. The van der Waals surface area contributed by atoms with E-state index in [2.05, 4.69) is 16.0 Å². The summed E-state index contributed by atoms with van der Waals surface area (Å²) < 4.78 is 27.8. The number of rotatable bonds is 7. The van der Waals surface area contributed by atoms with Crippen LogP contribution in [0.25, 0.3) is 0 Å². The summed E-state index contributed by atoms with van der Waals surface area (Å²) in [7, 11) is 0. The second-order valence-electron chi connectivity index (χ2n) is 9.67. The number of amides is 3. The Balaban J connectivity index is 1.48. The van der Waals surface area contributed by atoms with Crippen LogP contribution in [0, 0.1) is 23.5 Å². The average molecular weight is 652 g/mol. The van der Waals surface area contributed by atoms with Gasteiger partial charge < -0.3 is 16.0 Å². The van der Waals surface area contributed by atoms with Gasteiger partial charge in [-0.15, -0.1) is 23.2 Å². The van der Waals surface area contributed by atoms with Gasteiger partial charge in [0.1, 0.15) is 15.8 Å². The van der Waals surface area contributed by atoms with Crippen LogP contribution >= 0.6 is 58.0 Å². The molecule has 6 nitrogen and oxygen atoms in total. The quantitative estimate of drug-likeness (QED) is 0.274. The Labute approximate surface area is 254 Å². The molecule has 0 heterocycles. The van der Waals surface area contributed by atoms with E-state index >= 15 is 0 Å². The summed E-state index contributed by atoms with van der Waals surface area (Å²) in [5.41, 5.74) is -0.465. The van der Waals surface area contributed by atoms with Gasteiger partial charge in [0.25, 0.3) is 5.91 Å². The van der Waals surface area contributed by atoms with Crippen LogP contribution in [-0.4, -0.2) is 28.1 Å². The predicted octanol–water partition coefficient (Wildman–Crippen LogP) is 7.33. The number of halogens is 7. The molecule has 1 fully saturated rings. The molecule has 2 unspecified atom stereocenters. The Morgan fingerprint density at radius 3 is 2.35 bits per heavy atom. The van der Waals surface area contributed by atoms with E-state index in [0.29, 0.717) is 15.6 Å². The van der Waals surface area contributed by atoms with Gasteiger partial charge in [-0.1, -0.05) is 60.8 Å². The third-order valence-electron chi connectivity index (χ3n) is 6.50. The van der Waals surface area contributed by atoms with Crippen molar-refractivity contribution in [2.45, 2.75) is 36.6 Å². The van der Waals surface area contributed by atoms with E-state index in [1.807, 2.05) is 0 Å².